The van der Waals surface area contributed by atoms with Crippen molar-refractivity contribution >= 4 is 11.7 Å². The molecule has 1 aromatic rings. The zero-order chi connectivity index (χ0) is 13.9. The average Bonchev–Trinajstić information content (AvgIpc) is 2.25. The molecule has 18 heavy (non-hydrogen) atoms. The molecule has 0 radical (unpaired) electrons. The summed E-state index contributed by atoms with van der Waals surface area (Å²) in [5.74, 6) is 2.64. The van der Waals surface area contributed by atoms with Gasteiger partial charge in [-0.1, -0.05) is 12.1 Å². The third-order valence-corrected chi connectivity index (χ3v) is 1.96. The molecule has 0 aliphatic rings. The lowest BCUT2D eigenvalue weighted by atomic mass is 10.1. The quantitative estimate of drug-likeness (QED) is 0.478. The van der Waals surface area contributed by atoms with Gasteiger partial charge in [-0.2, -0.15) is 0 Å². The number of carboxylic acids is 1. The largest absolute Gasteiger partial charge is 0.573 e. The third-order valence-electron chi connectivity index (χ3n) is 1.96. The number of carboxylic acid groups (broad SMARTS) is 1. The van der Waals surface area contributed by atoms with Crippen LogP contribution in [-0.4, -0.2) is 22.5 Å². The van der Waals surface area contributed by atoms with Gasteiger partial charge in [0.1, 0.15) is 0 Å². The van der Waals surface area contributed by atoms with Crippen LogP contribution >= 0.6 is 0 Å². The van der Waals surface area contributed by atoms with E-state index in [1.54, 1.807) is 0 Å². The molecule has 0 aliphatic heterocycles. The molecular formula is C9H9F3N2O4. The zero-order valence-electron chi connectivity index (χ0n) is 8.73. The summed E-state index contributed by atoms with van der Waals surface area (Å²) in [4.78, 5) is 10.6. The number of carbonyl (C=O) groups is 1. The second-order valence-electron chi connectivity index (χ2n) is 3.15. The van der Waals surface area contributed by atoms with Gasteiger partial charge in [-0.15, -0.1) is 13.2 Å². The summed E-state index contributed by atoms with van der Waals surface area (Å²) >= 11 is 0. The van der Waals surface area contributed by atoms with E-state index >= 15 is 0 Å². The van der Waals surface area contributed by atoms with Crippen molar-refractivity contribution < 1.29 is 32.9 Å². The SMILES string of the molecule is NNc1c(OC(F)(F)F)cccc1C(O)C(=O)O. The second-order valence-corrected chi connectivity index (χ2v) is 3.15. The number of para-hydroxylation sites is 1. The molecule has 0 saturated carbocycles. The van der Waals surface area contributed by atoms with Crippen molar-refractivity contribution in [3.63, 3.8) is 0 Å². The van der Waals surface area contributed by atoms with E-state index in [0.717, 1.165) is 18.2 Å². The summed E-state index contributed by atoms with van der Waals surface area (Å²) in [5, 5.41) is 17.9. The molecule has 6 nitrogen and oxygen atoms in total. The molecule has 9 heteroatoms. The van der Waals surface area contributed by atoms with Crippen molar-refractivity contribution in [2.24, 2.45) is 5.84 Å². The van der Waals surface area contributed by atoms with Gasteiger partial charge in [0.2, 0.25) is 0 Å². The van der Waals surface area contributed by atoms with Crippen LogP contribution < -0.4 is 16.0 Å². The first kappa shape index (κ1) is 14.1. The van der Waals surface area contributed by atoms with E-state index in [4.69, 9.17) is 10.9 Å². The van der Waals surface area contributed by atoms with Crippen molar-refractivity contribution in [1.29, 1.82) is 0 Å². The van der Waals surface area contributed by atoms with Gasteiger partial charge in [0, 0.05) is 5.56 Å². The Balaban J connectivity index is 3.22. The summed E-state index contributed by atoms with van der Waals surface area (Å²) in [5.41, 5.74) is 1.08. The molecule has 1 unspecified atom stereocenters. The average molecular weight is 266 g/mol. The van der Waals surface area contributed by atoms with Crippen LogP contribution in [0.1, 0.15) is 11.7 Å². The van der Waals surface area contributed by atoms with E-state index in [-0.39, 0.29) is 5.56 Å². The summed E-state index contributed by atoms with van der Waals surface area (Å²) in [6.07, 6.45) is -6.98. The van der Waals surface area contributed by atoms with E-state index in [1.165, 1.54) is 0 Å². The Hall–Kier alpha value is -2.00. The molecule has 0 saturated heterocycles. The van der Waals surface area contributed by atoms with Crippen LogP contribution in [0.25, 0.3) is 0 Å². The first-order valence-corrected chi connectivity index (χ1v) is 4.52. The molecular weight excluding hydrogens is 257 g/mol. The normalized spacial score (nSPS) is 12.9. The number of ether oxygens (including phenoxy) is 1. The number of nitrogens with one attached hydrogen (secondary N) is 1. The number of hydrogen-bond acceptors (Lipinski definition) is 5. The number of hydrogen-bond donors (Lipinski definition) is 4. The summed E-state index contributed by atoms with van der Waals surface area (Å²) in [6.45, 7) is 0. The second kappa shape index (κ2) is 5.10. The lowest BCUT2D eigenvalue weighted by Crippen LogP contribution is -2.21. The van der Waals surface area contributed by atoms with Crippen LogP contribution in [0.15, 0.2) is 18.2 Å². The fourth-order valence-electron chi connectivity index (χ4n) is 1.27. The van der Waals surface area contributed by atoms with Gasteiger partial charge in [-0.05, 0) is 6.07 Å². The van der Waals surface area contributed by atoms with Crippen molar-refractivity contribution in [3.8, 4) is 5.75 Å². The lowest BCUT2D eigenvalue weighted by Gasteiger charge is -2.17. The highest BCUT2D eigenvalue weighted by Gasteiger charge is 2.33. The first-order valence-electron chi connectivity index (χ1n) is 4.52. The molecule has 5 N–H and O–H groups in total. The van der Waals surface area contributed by atoms with Crippen LogP contribution in [0.2, 0.25) is 0 Å². The van der Waals surface area contributed by atoms with Crippen LogP contribution in [0.5, 0.6) is 5.75 Å². The molecule has 0 bridgehead atoms. The Morgan fingerprint density at radius 2 is 2.06 bits per heavy atom. The molecule has 1 aromatic carbocycles. The van der Waals surface area contributed by atoms with E-state index in [9.17, 15) is 23.1 Å². The topological polar surface area (TPSA) is 105 Å². The van der Waals surface area contributed by atoms with Crippen molar-refractivity contribution in [2.45, 2.75) is 12.5 Å². The van der Waals surface area contributed by atoms with Crippen molar-refractivity contribution in [1.82, 2.24) is 0 Å². The van der Waals surface area contributed by atoms with Gasteiger partial charge in [-0.25, -0.2) is 4.79 Å². The maximum absolute atomic E-state index is 12.1. The Bertz CT molecular complexity index is 450. The minimum atomic E-state index is -4.96. The molecule has 0 fully saturated rings. The highest BCUT2D eigenvalue weighted by Crippen LogP contribution is 2.35. The molecule has 0 aromatic heterocycles. The van der Waals surface area contributed by atoms with Crippen LogP contribution in [0.4, 0.5) is 18.9 Å². The molecule has 0 heterocycles. The number of aliphatic hydroxyl groups excluding tert-OH is 1. The van der Waals surface area contributed by atoms with Gasteiger partial charge >= 0.3 is 12.3 Å². The number of aliphatic hydroxyl groups is 1. The first-order chi connectivity index (χ1) is 8.26. The number of halogens is 3. The maximum Gasteiger partial charge on any atom is 0.573 e. The number of benzene rings is 1. The minimum Gasteiger partial charge on any atom is -0.479 e. The van der Waals surface area contributed by atoms with Crippen molar-refractivity contribution in [3.05, 3.63) is 23.8 Å². The van der Waals surface area contributed by atoms with Gasteiger partial charge in [0.15, 0.2) is 11.9 Å². The molecule has 100 valence electrons. The molecule has 0 spiro atoms. The Morgan fingerprint density at radius 3 is 2.50 bits per heavy atom. The van der Waals surface area contributed by atoms with Gasteiger partial charge in [0.05, 0.1) is 5.69 Å². The number of rotatable bonds is 4. The Labute approximate surface area is 98.7 Å². The van der Waals surface area contributed by atoms with Crippen LogP contribution in [-0.2, 0) is 4.79 Å². The van der Waals surface area contributed by atoms with E-state index in [0.29, 0.717) is 0 Å². The maximum atomic E-state index is 12.1. The Kier molecular flexibility index (Phi) is 3.99. The smallest absolute Gasteiger partial charge is 0.479 e. The predicted molar refractivity (Wildman–Crippen MR) is 53.5 cm³/mol. The van der Waals surface area contributed by atoms with E-state index in [1.807, 2.05) is 5.43 Å². The minimum absolute atomic E-state index is 0.341. The van der Waals surface area contributed by atoms with E-state index in [2.05, 4.69) is 4.74 Å². The van der Waals surface area contributed by atoms with Gasteiger partial charge < -0.3 is 20.4 Å². The molecule has 1 atom stereocenters. The number of nitrogens with two attached hydrogens (primary N) is 1. The van der Waals surface area contributed by atoms with Crippen molar-refractivity contribution in [2.75, 3.05) is 5.43 Å². The number of hydrazine groups is 1. The third kappa shape index (κ3) is 3.25. The van der Waals surface area contributed by atoms with Gasteiger partial charge in [0.25, 0.3) is 0 Å². The fourth-order valence-corrected chi connectivity index (χ4v) is 1.27. The predicted octanol–water partition coefficient (Wildman–Crippen LogP) is 0.989. The lowest BCUT2D eigenvalue weighted by molar-refractivity contribution is -0.274. The summed E-state index contributed by atoms with van der Waals surface area (Å²) in [7, 11) is 0. The number of aliphatic carboxylic acids is 1. The zero-order valence-corrected chi connectivity index (χ0v) is 8.73. The van der Waals surface area contributed by atoms with Crippen LogP contribution in [0.3, 0.4) is 0 Å². The molecule has 0 amide bonds. The molecule has 0 aliphatic carbocycles. The number of anilines is 1. The monoisotopic (exact) mass is 266 g/mol. The summed E-state index contributed by atoms with van der Waals surface area (Å²) < 4.78 is 39.9. The molecule has 1 rings (SSSR count). The van der Waals surface area contributed by atoms with E-state index < -0.39 is 29.9 Å². The highest BCUT2D eigenvalue weighted by molar-refractivity contribution is 5.78. The summed E-state index contributed by atoms with van der Waals surface area (Å²) in [6, 6.07) is 3.14. The standard InChI is InChI=1S/C9H9F3N2O4/c10-9(11,12)18-5-3-1-2-4(6(5)14-13)7(15)8(16)17/h1-3,7,14-15H,13H2,(H,16,17). The number of nitrogen functional groups attached to an aromatic ring is 1. The Morgan fingerprint density at radius 1 is 1.44 bits per heavy atom. The number of alkyl halides is 3. The highest BCUT2D eigenvalue weighted by atomic mass is 19.4. The fraction of sp³-hybridized carbons (Fsp3) is 0.222. The van der Waals surface area contributed by atoms with Crippen LogP contribution in [0, 0.1) is 0 Å². The van der Waals surface area contributed by atoms with Gasteiger partial charge in [-0.3, -0.25) is 5.84 Å².